The quantitative estimate of drug-likeness (QED) is 0.729. The number of rotatable bonds is 5. The highest BCUT2D eigenvalue weighted by Gasteiger charge is 2.23. The zero-order valence-corrected chi connectivity index (χ0v) is 13.8. The average Bonchev–Trinajstić information content (AvgIpc) is 2.67. The number of benzene rings is 2. The van der Waals surface area contributed by atoms with Gasteiger partial charge in [0.2, 0.25) is 0 Å². The number of methoxy groups -OCH3 is 1. The Balaban J connectivity index is 1.86. The molecule has 126 valence electrons. The van der Waals surface area contributed by atoms with E-state index in [1.165, 1.54) is 13.3 Å². The first-order valence-electron chi connectivity index (χ1n) is 7.94. The van der Waals surface area contributed by atoms with Crippen molar-refractivity contribution in [2.24, 2.45) is 0 Å². The Morgan fingerprint density at radius 2 is 1.88 bits per heavy atom. The van der Waals surface area contributed by atoms with Crippen LogP contribution >= 0.6 is 0 Å². The van der Waals surface area contributed by atoms with E-state index in [-0.39, 0.29) is 5.91 Å². The second kappa shape index (κ2) is 7.57. The molecule has 1 N–H and O–H groups in total. The minimum Gasteiger partial charge on any atom is -0.467 e. The van der Waals surface area contributed by atoms with Gasteiger partial charge in [-0.2, -0.15) is 0 Å². The van der Waals surface area contributed by atoms with Gasteiger partial charge >= 0.3 is 5.97 Å². The summed E-state index contributed by atoms with van der Waals surface area (Å²) >= 11 is 0. The van der Waals surface area contributed by atoms with Crippen LogP contribution in [-0.4, -0.2) is 30.0 Å². The summed E-state index contributed by atoms with van der Waals surface area (Å²) in [4.78, 5) is 28.5. The number of nitrogens with zero attached hydrogens (tertiary/aromatic N) is 1. The number of fused-ring (bicyclic) bond motifs is 1. The maximum Gasteiger partial charge on any atom is 0.328 e. The van der Waals surface area contributed by atoms with E-state index in [2.05, 4.69) is 10.3 Å². The molecule has 0 spiro atoms. The molecule has 0 saturated carbocycles. The molecule has 0 saturated heterocycles. The lowest BCUT2D eigenvalue weighted by Gasteiger charge is -2.17. The molecule has 1 atom stereocenters. The summed E-state index contributed by atoms with van der Waals surface area (Å²) in [6, 6.07) is 16.4. The van der Waals surface area contributed by atoms with Crippen LogP contribution in [0.2, 0.25) is 0 Å². The molecule has 3 rings (SSSR count). The lowest BCUT2D eigenvalue weighted by molar-refractivity contribution is -0.142. The first-order chi connectivity index (χ1) is 12.2. The Bertz CT molecular complexity index is 888. The second-order valence-electron chi connectivity index (χ2n) is 5.63. The number of aromatic nitrogens is 1. The Labute approximate surface area is 145 Å². The molecule has 25 heavy (non-hydrogen) atoms. The average molecular weight is 334 g/mol. The van der Waals surface area contributed by atoms with Crippen LogP contribution in [0.25, 0.3) is 10.8 Å². The number of pyridine rings is 1. The first kappa shape index (κ1) is 16.6. The summed E-state index contributed by atoms with van der Waals surface area (Å²) in [6.45, 7) is 0. The fourth-order valence-corrected chi connectivity index (χ4v) is 2.76. The minimum absolute atomic E-state index is 0.347. The van der Waals surface area contributed by atoms with Crippen molar-refractivity contribution in [2.75, 3.05) is 7.11 Å². The summed E-state index contributed by atoms with van der Waals surface area (Å²) < 4.78 is 4.86. The van der Waals surface area contributed by atoms with Crippen molar-refractivity contribution < 1.29 is 14.3 Å². The Kier molecular flexibility index (Phi) is 5.04. The molecular weight excluding hydrogens is 316 g/mol. The van der Waals surface area contributed by atoms with Crippen LogP contribution in [-0.2, 0) is 16.0 Å². The number of hydrogen-bond donors (Lipinski definition) is 1. The predicted molar refractivity (Wildman–Crippen MR) is 95.2 cm³/mol. The van der Waals surface area contributed by atoms with Gasteiger partial charge in [-0.3, -0.25) is 9.78 Å². The Morgan fingerprint density at radius 3 is 2.64 bits per heavy atom. The highest BCUT2D eigenvalue weighted by atomic mass is 16.5. The number of hydrogen-bond acceptors (Lipinski definition) is 4. The van der Waals surface area contributed by atoms with E-state index in [1.807, 2.05) is 42.5 Å². The van der Waals surface area contributed by atoms with Gasteiger partial charge in [-0.1, -0.05) is 42.5 Å². The molecule has 5 nitrogen and oxygen atoms in total. The summed E-state index contributed by atoms with van der Waals surface area (Å²) in [6.07, 6.45) is 3.40. The lowest BCUT2D eigenvalue weighted by Crippen LogP contribution is -2.43. The number of esters is 1. The van der Waals surface area contributed by atoms with Gasteiger partial charge in [0.25, 0.3) is 5.91 Å². The molecule has 1 amide bonds. The van der Waals surface area contributed by atoms with Crippen LogP contribution in [0.5, 0.6) is 0 Å². The van der Waals surface area contributed by atoms with Crippen molar-refractivity contribution in [3.05, 3.63) is 78.1 Å². The molecule has 0 radical (unpaired) electrons. The predicted octanol–water partition coefficient (Wildman–Crippen LogP) is 2.75. The number of carbonyl (C=O) groups is 2. The van der Waals surface area contributed by atoms with Crippen LogP contribution in [0.15, 0.2) is 67.0 Å². The van der Waals surface area contributed by atoms with E-state index in [0.717, 1.165) is 16.3 Å². The second-order valence-corrected chi connectivity index (χ2v) is 5.63. The number of carbonyl (C=O) groups excluding carboxylic acids is 2. The van der Waals surface area contributed by atoms with Gasteiger partial charge in [-0.05, 0) is 28.5 Å². The highest BCUT2D eigenvalue weighted by molar-refractivity contribution is 5.96. The molecule has 1 aromatic heterocycles. The molecule has 0 aliphatic carbocycles. The molecule has 1 heterocycles. The maximum absolute atomic E-state index is 12.4. The van der Waals surface area contributed by atoms with Gasteiger partial charge in [0, 0.05) is 18.8 Å². The van der Waals surface area contributed by atoms with Gasteiger partial charge in [0.15, 0.2) is 0 Å². The molecule has 0 bridgehead atoms. The zero-order chi connectivity index (χ0) is 17.6. The normalized spacial score (nSPS) is 11.7. The van der Waals surface area contributed by atoms with Gasteiger partial charge < -0.3 is 10.1 Å². The van der Waals surface area contributed by atoms with Crippen LogP contribution in [0.1, 0.15) is 15.9 Å². The molecule has 0 fully saturated rings. The van der Waals surface area contributed by atoms with E-state index in [4.69, 9.17) is 4.74 Å². The van der Waals surface area contributed by atoms with Crippen LogP contribution in [0.3, 0.4) is 0 Å². The van der Waals surface area contributed by atoms with E-state index in [1.54, 1.807) is 18.3 Å². The van der Waals surface area contributed by atoms with Crippen LogP contribution in [0, 0.1) is 0 Å². The first-order valence-corrected chi connectivity index (χ1v) is 7.94. The van der Waals surface area contributed by atoms with Gasteiger partial charge in [0.05, 0.1) is 12.7 Å². The maximum atomic E-state index is 12.4. The van der Waals surface area contributed by atoms with Crippen molar-refractivity contribution >= 4 is 22.6 Å². The Hall–Kier alpha value is -3.21. The van der Waals surface area contributed by atoms with E-state index in [9.17, 15) is 9.59 Å². The van der Waals surface area contributed by atoms with E-state index < -0.39 is 12.0 Å². The fourth-order valence-electron chi connectivity index (χ4n) is 2.76. The summed E-state index contributed by atoms with van der Waals surface area (Å²) in [5.41, 5.74) is 1.37. The van der Waals surface area contributed by atoms with Crippen molar-refractivity contribution in [1.82, 2.24) is 10.3 Å². The number of nitrogens with one attached hydrogen (secondary N) is 1. The summed E-state index contributed by atoms with van der Waals surface area (Å²) in [5, 5.41) is 4.88. The van der Waals surface area contributed by atoms with Gasteiger partial charge in [0.1, 0.15) is 6.04 Å². The molecule has 5 heteroatoms. The van der Waals surface area contributed by atoms with Crippen LogP contribution < -0.4 is 5.32 Å². The summed E-state index contributed by atoms with van der Waals surface area (Å²) in [7, 11) is 1.31. The Morgan fingerprint density at radius 1 is 1.08 bits per heavy atom. The smallest absolute Gasteiger partial charge is 0.328 e. The number of amides is 1. The highest BCUT2D eigenvalue weighted by Crippen LogP contribution is 2.20. The summed E-state index contributed by atoms with van der Waals surface area (Å²) in [5.74, 6) is -0.839. The third-order valence-corrected chi connectivity index (χ3v) is 4.02. The monoisotopic (exact) mass is 334 g/mol. The van der Waals surface area contributed by atoms with Gasteiger partial charge in [-0.15, -0.1) is 0 Å². The molecule has 0 aliphatic rings. The van der Waals surface area contributed by atoms with Crippen molar-refractivity contribution in [1.29, 1.82) is 0 Å². The van der Waals surface area contributed by atoms with E-state index >= 15 is 0 Å². The largest absolute Gasteiger partial charge is 0.467 e. The van der Waals surface area contributed by atoms with Crippen molar-refractivity contribution in [3.8, 4) is 0 Å². The topological polar surface area (TPSA) is 68.3 Å². The molecule has 0 aliphatic heterocycles. The molecule has 2 aromatic carbocycles. The third-order valence-electron chi connectivity index (χ3n) is 4.02. The number of ether oxygens (including phenoxy) is 1. The van der Waals surface area contributed by atoms with E-state index in [0.29, 0.717) is 12.0 Å². The van der Waals surface area contributed by atoms with Crippen molar-refractivity contribution in [3.63, 3.8) is 0 Å². The lowest BCUT2D eigenvalue weighted by atomic mass is 9.98. The van der Waals surface area contributed by atoms with Crippen LogP contribution in [0.4, 0.5) is 0 Å². The standard InChI is InChI=1S/C20H18N2O3/c1-25-20(24)18(22-19(23)16-9-5-11-21-13-16)12-15-8-4-7-14-6-2-3-10-17(14)15/h2-11,13,18H,12H2,1H3,(H,22,23)/t18-/m0/s1. The SMILES string of the molecule is COC(=O)[C@H](Cc1cccc2ccccc12)NC(=O)c1cccnc1. The zero-order valence-electron chi connectivity index (χ0n) is 13.8. The molecule has 0 unspecified atom stereocenters. The molecule has 3 aromatic rings. The third kappa shape index (κ3) is 3.83. The van der Waals surface area contributed by atoms with Gasteiger partial charge in [-0.25, -0.2) is 4.79 Å². The fraction of sp³-hybridized carbons (Fsp3) is 0.150. The van der Waals surface area contributed by atoms with Crippen molar-refractivity contribution in [2.45, 2.75) is 12.5 Å². The minimum atomic E-state index is -0.775. The molecular formula is C20H18N2O3.